The molecule has 25 heavy (non-hydrogen) atoms. The molecule has 0 atom stereocenters. The van der Waals surface area contributed by atoms with Gasteiger partial charge in [0.2, 0.25) is 0 Å². The number of hydrogen-bond donors (Lipinski definition) is 4. The van der Waals surface area contributed by atoms with Crippen molar-refractivity contribution in [2.24, 2.45) is 5.73 Å². The van der Waals surface area contributed by atoms with Crippen LogP contribution in [0.25, 0.3) is 0 Å². The minimum Gasteiger partial charge on any atom is -0.493 e. The van der Waals surface area contributed by atoms with Crippen LogP contribution in [-0.2, 0) is 4.74 Å². The lowest BCUT2D eigenvalue weighted by Gasteiger charge is -2.23. The van der Waals surface area contributed by atoms with Gasteiger partial charge in [0.05, 0.1) is 7.11 Å². The van der Waals surface area contributed by atoms with Gasteiger partial charge in [-0.25, -0.2) is 8.78 Å². The average molecular weight is 393 g/mol. The molecule has 142 valence electrons. The maximum absolute atomic E-state index is 14.1. The maximum Gasteiger partial charge on any atom is 0.151 e. The molecule has 1 aromatic rings. The first-order valence-corrected chi connectivity index (χ1v) is 8.72. The van der Waals surface area contributed by atoms with Gasteiger partial charge in [0.25, 0.3) is 0 Å². The Morgan fingerprint density at radius 2 is 1.96 bits per heavy atom. The molecule has 0 aliphatic heterocycles. The molecule has 0 radical (unpaired) electrons. The molecule has 0 aliphatic rings. The maximum atomic E-state index is 14.1. The van der Waals surface area contributed by atoms with E-state index in [9.17, 15) is 8.78 Å². The van der Waals surface area contributed by atoms with Crippen molar-refractivity contribution in [1.82, 2.24) is 5.32 Å². The number of hydrogen-bond acceptors (Lipinski definition) is 7. The number of rotatable bonds is 9. The molecular weight excluding hydrogens is 366 g/mol. The number of anilines is 2. The van der Waals surface area contributed by atoms with Gasteiger partial charge in [-0.1, -0.05) is 0 Å². The van der Waals surface area contributed by atoms with E-state index in [1.807, 2.05) is 6.92 Å². The fraction of sp³-hybridized carbons (Fsp3) is 0.438. The van der Waals surface area contributed by atoms with Crippen LogP contribution in [0.2, 0.25) is 0 Å². The molecule has 0 spiro atoms. The lowest BCUT2D eigenvalue weighted by Crippen LogP contribution is -2.27. The van der Waals surface area contributed by atoms with Crippen molar-refractivity contribution < 1.29 is 13.5 Å². The average Bonchev–Trinajstić information content (AvgIpc) is 2.59. The fourth-order valence-corrected chi connectivity index (χ4v) is 2.17. The Hall–Kier alpha value is -1.58. The van der Waals surface area contributed by atoms with Crippen LogP contribution in [0.15, 0.2) is 24.0 Å². The lowest BCUT2D eigenvalue weighted by molar-refractivity contribution is 0.432. The lowest BCUT2D eigenvalue weighted by atomic mass is 10.2. The normalized spacial score (nSPS) is 10.6. The number of thiocarbonyl (C=S) groups is 1. The quantitative estimate of drug-likeness (QED) is 0.383. The zero-order valence-electron chi connectivity index (χ0n) is 14.7. The molecule has 0 heterocycles. The molecule has 0 fully saturated rings. The smallest absolute Gasteiger partial charge is 0.151 e. The summed E-state index contributed by atoms with van der Waals surface area (Å²) in [5, 5.41) is 5.66. The van der Waals surface area contributed by atoms with Crippen LogP contribution >= 0.6 is 24.8 Å². The van der Waals surface area contributed by atoms with Gasteiger partial charge in [0.15, 0.2) is 11.6 Å². The van der Waals surface area contributed by atoms with Gasteiger partial charge in [-0.2, -0.15) is 12.6 Å². The summed E-state index contributed by atoms with van der Waals surface area (Å²) in [5.41, 5.74) is 7.71. The van der Waals surface area contributed by atoms with E-state index in [2.05, 4.69) is 40.2 Å². The first-order chi connectivity index (χ1) is 11.9. The first kappa shape index (κ1) is 23.4. The van der Waals surface area contributed by atoms with Gasteiger partial charge >= 0.3 is 0 Å². The zero-order chi connectivity index (χ0) is 19.2. The molecule has 5 nitrogen and oxygen atoms in total. The van der Waals surface area contributed by atoms with Crippen LogP contribution in [0.1, 0.15) is 6.92 Å². The summed E-state index contributed by atoms with van der Waals surface area (Å²) in [6.07, 6.45) is 1.51. The molecule has 1 aromatic carbocycles. The van der Waals surface area contributed by atoms with Gasteiger partial charge in [-0.3, -0.25) is 0 Å². The second-order valence-corrected chi connectivity index (χ2v) is 5.46. The van der Waals surface area contributed by atoms with Crippen molar-refractivity contribution in [1.29, 1.82) is 0 Å². The summed E-state index contributed by atoms with van der Waals surface area (Å²) in [6.45, 7) is 3.32. The van der Waals surface area contributed by atoms with E-state index in [0.717, 1.165) is 0 Å². The van der Waals surface area contributed by atoms with E-state index in [4.69, 9.17) is 5.73 Å². The van der Waals surface area contributed by atoms with Crippen LogP contribution in [0.3, 0.4) is 0 Å². The number of benzene rings is 1. The highest BCUT2D eigenvalue weighted by molar-refractivity contribution is 7.80. The molecule has 0 aliphatic carbocycles. The molecule has 0 saturated heterocycles. The minimum atomic E-state index is -0.610. The third-order valence-electron chi connectivity index (χ3n) is 2.99. The summed E-state index contributed by atoms with van der Waals surface area (Å²) in [6, 6.07) is 2.51. The van der Waals surface area contributed by atoms with E-state index in [1.54, 1.807) is 11.9 Å². The van der Waals surface area contributed by atoms with Crippen LogP contribution in [0, 0.1) is 11.6 Å². The highest BCUT2D eigenvalue weighted by atomic mass is 32.1. The number of ether oxygens (including phenoxy) is 1. The topological polar surface area (TPSA) is 62.5 Å². The molecule has 4 N–H and O–H groups in total. The Kier molecular flexibility index (Phi) is 12.8. The van der Waals surface area contributed by atoms with Gasteiger partial charge < -0.3 is 26.0 Å². The third kappa shape index (κ3) is 8.89. The number of methoxy groups -OCH3 is 1. The van der Waals surface area contributed by atoms with Gasteiger partial charge in [0.1, 0.15) is 11.2 Å². The van der Waals surface area contributed by atoms with Crippen molar-refractivity contribution in [3.63, 3.8) is 0 Å². The summed E-state index contributed by atoms with van der Waals surface area (Å²) in [5.74, 6) is -0.695. The van der Waals surface area contributed by atoms with Crippen molar-refractivity contribution in [2.75, 3.05) is 49.8 Å². The molecule has 9 heteroatoms. The largest absolute Gasteiger partial charge is 0.493 e. The molecule has 0 aromatic heterocycles. The number of nitrogens with one attached hydrogen (secondary N) is 2. The number of nitrogens with two attached hydrogens (primary N) is 1. The number of likely N-dealkylation sites (N-methyl/N-ethyl adjacent to an activating group) is 1. The molecular formula is C16H26F2N4OS2. The predicted octanol–water partition coefficient (Wildman–Crippen LogP) is 2.74. The second-order valence-electron chi connectivity index (χ2n) is 4.82. The molecule has 0 unspecified atom stereocenters. The van der Waals surface area contributed by atoms with Crippen LogP contribution in [0.4, 0.5) is 20.2 Å². The van der Waals surface area contributed by atoms with Gasteiger partial charge in [0, 0.05) is 43.0 Å². The van der Waals surface area contributed by atoms with Gasteiger partial charge in [-0.05, 0) is 38.3 Å². The van der Waals surface area contributed by atoms with Crippen LogP contribution in [0.5, 0.6) is 0 Å². The van der Waals surface area contributed by atoms with E-state index >= 15 is 0 Å². The summed E-state index contributed by atoms with van der Waals surface area (Å²) < 4.78 is 32.5. The van der Waals surface area contributed by atoms with E-state index in [1.165, 1.54) is 31.0 Å². The zero-order valence-corrected chi connectivity index (χ0v) is 16.4. The summed E-state index contributed by atoms with van der Waals surface area (Å²) in [7, 11) is 3.28. The predicted molar refractivity (Wildman–Crippen MR) is 109 cm³/mol. The molecule has 0 bridgehead atoms. The van der Waals surface area contributed by atoms with E-state index < -0.39 is 11.6 Å². The standard InChI is InChI=1S/C14H22F2N4S.C2H4OS/c1-3-20(4-5-21)14-12(15)6-11(7-13(14)16)19-9-10(17)8-18-2;1-3-2-4/h6-7,9,18-19,21H,3-5,8,17H2,1-2H3;2H,1H3/b10-9-;. The second kappa shape index (κ2) is 13.7. The fourth-order valence-electron chi connectivity index (χ4n) is 1.93. The van der Waals surface area contributed by atoms with Crippen molar-refractivity contribution in [3.8, 4) is 0 Å². The first-order valence-electron chi connectivity index (χ1n) is 7.61. The Morgan fingerprint density at radius 1 is 1.40 bits per heavy atom. The Morgan fingerprint density at radius 3 is 2.36 bits per heavy atom. The highest BCUT2D eigenvalue weighted by Gasteiger charge is 2.16. The number of halogens is 2. The summed E-state index contributed by atoms with van der Waals surface area (Å²) in [4.78, 5) is 1.62. The van der Waals surface area contributed by atoms with E-state index in [0.29, 0.717) is 36.8 Å². The minimum absolute atomic E-state index is 0.0238. The SMILES string of the molecule is CCN(CCS)c1c(F)cc(N/C=C(\N)CNC)cc1F.COC=S. The molecule has 1 rings (SSSR count). The third-order valence-corrected chi connectivity index (χ3v) is 3.38. The molecule has 0 saturated carbocycles. The van der Waals surface area contributed by atoms with Gasteiger partial charge in [-0.15, -0.1) is 0 Å². The van der Waals surface area contributed by atoms with Crippen molar-refractivity contribution in [2.45, 2.75) is 6.92 Å². The Balaban J connectivity index is 0.00000129. The van der Waals surface area contributed by atoms with Crippen molar-refractivity contribution >= 4 is 41.8 Å². The monoisotopic (exact) mass is 392 g/mol. The van der Waals surface area contributed by atoms with Crippen molar-refractivity contribution in [3.05, 3.63) is 35.7 Å². The van der Waals surface area contributed by atoms with Crippen LogP contribution < -0.4 is 21.3 Å². The molecule has 0 amide bonds. The Labute approximate surface area is 159 Å². The highest BCUT2D eigenvalue weighted by Crippen LogP contribution is 2.27. The van der Waals surface area contributed by atoms with E-state index in [-0.39, 0.29) is 5.69 Å². The Bertz CT molecular complexity index is 536. The summed E-state index contributed by atoms with van der Waals surface area (Å²) >= 11 is 8.31. The van der Waals surface area contributed by atoms with Crippen LogP contribution in [-0.4, -0.2) is 45.1 Å². The number of thiol groups is 1. The number of nitrogens with zero attached hydrogens (tertiary/aromatic N) is 1.